The van der Waals surface area contributed by atoms with Gasteiger partial charge in [-0.05, 0) is 49.6 Å². The molecule has 7 nitrogen and oxygen atoms in total. The zero-order valence-electron chi connectivity index (χ0n) is 22.1. The van der Waals surface area contributed by atoms with Crippen LogP contribution >= 0.6 is 0 Å². The zero-order chi connectivity index (χ0) is 27.2. The molecule has 3 aromatic carbocycles. The van der Waals surface area contributed by atoms with Crippen molar-refractivity contribution in [2.24, 2.45) is 5.10 Å². The lowest BCUT2D eigenvalue weighted by molar-refractivity contribution is -0.122. The first kappa shape index (κ1) is 29.1. The first-order valence-electron chi connectivity index (χ1n) is 13.1. The lowest BCUT2D eigenvalue weighted by atomic mass is 10.1. The highest BCUT2D eigenvalue weighted by atomic mass is 32.2. The maximum atomic E-state index is 13.1. The summed E-state index contributed by atoms with van der Waals surface area (Å²) in [4.78, 5) is 13.2. The fourth-order valence-corrected chi connectivity index (χ4v) is 5.06. The number of nitrogens with one attached hydrogen (secondary N) is 2. The van der Waals surface area contributed by atoms with Gasteiger partial charge in [-0.2, -0.15) is 9.82 Å². The first-order valence-corrected chi connectivity index (χ1v) is 14.5. The third kappa shape index (κ3) is 9.43. The van der Waals surface area contributed by atoms with Crippen LogP contribution in [0.5, 0.6) is 5.75 Å². The van der Waals surface area contributed by atoms with Gasteiger partial charge in [-0.25, -0.2) is 13.8 Å². The van der Waals surface area contributed by atoms with Crippen molar-refractivity contribution < 1.29 is 17.9 Å². The highest BCUT2D eigenvalue weighted by molar-refractivity contribution is 7.89. The van der Waals surface area contributed by atoms with Gasteiger partial charge >= 0.3 is 0 Å². The van der Waals surface area contributed by atoms with Crippen molar-refractivity contribution in [3.8, 4) is 5.75 Å². The smallest absolute Gasteiger partial charge is 0.258 e. The SMILES string of the molecule is CCCCCCCOc1ccccc1/C=N\NC(=O)[C@@H](Cc1ccccc1)NS(=O)(=O)c1ccc(C)cc1. The highest BCUT2D eigenvalue weighted by Gasteiger charge is 2.26. The monoisotopic (exact) mass is 535 g/mol. The highest BCUT2D eigenvalue weighted by Crippen LogP contribution is 2.17. The van der Waals surface area contributed by atoms with Crippen molar-refractivity contribution >= 4 is 22.1 Å². The van der Waals surface area contributed by atoms with E-state index in [1.165, 1.54) is 37.6 Å². The summed E-state index contributed by atoms with van der Waals surface area (Å²) in [6.45, 7) is 4.68. The Labute approximate surface area is 226 Å². The summed E-state index contributed by atoms with van der Waals surface area (Å²) < 4.78 is 34.5. The van der Waals surface area contributed by atoms with Gasteiger partial charge in [0, 0.05) is 5.56 Å². The van der Waals surface area contributed by atoms with E-state index >= 15 is 0 Å². The summed E-state index contributed by atoms with van der Waals surface area (Å²) in [6.07, 6.45) is 7.42. The number of hydrazone groups is 1. The minimum atomic E-state index is -3.93. The van der Waals surface area contributed by atoms with Gasteiger partial charge in [0.05, 0.1) is 17.7 Å². The van der Waals surface area contributed by atoms with Crippen LogP contribution < -0.4 is 14.9 Å². The van der Waals surface area contributed by atoms with Gasteiger partial charge in [0.15, 0.2) is 0 Å². The van der Waals surface area contributed by atoms with Crippen LogP contribution in [0.1, 0.15) is 55.7 Å². The van der Waals surface area contributed by atoms with E-state index < -0.39 is 22.0 Å². The number of sulfonamides is 1. The lowest BCUT2D eigenvalue weighted by Gasteiger charge is -2.17. The lowest BCUT2D eigenvalue weighted by Crippen LogP contribution is -2.46. The number of aryl methyl sites for hydroxylation is 1. The van der Waals surface area contributed by atoms with E-state index in [0.29, 0.717) is 12.4 Å². The summed E-state index contributed by atoms with van der Waals surface area (Å²) in [5, 5.41) is 4.11. The van der Waals surface area contributed by atoms with Gasteiger partial charge in [-0.15, -0.1) is 0 Å². The number of amides is 1. The number of para-hydroxylation sites is 1. The molecule has 0 fully saturated rings. The van der Waals surface area contributed by atoms with Crippen LogP contribution in [-0.4, -0.2) is 33.2 Å². The largest absolute Gasteiger partial charge is 0.493 e. The molecule has 0 heterocycles. The summed E-state index contributed by atoms with van der Waals surface area (Å²) in [7, 11) is -3.93. The van der Waals surface area contributed by atoms with Crippen LogP contribution in [0, 0.1) is 6.92 Å². The Morgan fingerprint density at radius 2 is 1.61 bits per heavy atom. The van der Waals surface area contributed by atoms with Crippen molar-refractivity contribution in [3.05, 3.63) is 95.6 Å². The second kappa shape index (κ2) is 15.1. The van der Waals surface area contributed by atoms with Crippen molar-refractivity contribution in [1.82, 2.24) is 10.1 Å². The fourth-order valence-electron chi connectivity index (χ4n) is 3.86. The Morgan fingerprint density at radius 1 is 0.921 bits per heavy atom. The molecule has 8 heteroatoms. The predicted molar refractivity (Wildman–Crippen MR) is 152 cm³/mol. The quantitative estimate of drug-likeness (QED) is 0.155. The molecule has 0 aliphatic heterocycles. The molecule has 202 valence electrons. The summed E-state index contributed by atoms with van der Waals surface area (Å²) >= 11 is 0. The molecule has 2 N–H and O–H groups in total. The number of benzene rings is 3. The molecule has 0 unspecified atom stereocenters. The van der Waals surface area contributed by atoms with Gasteiger partial charge in [0.2, 0.25) is 10.0 Å². The minimum Gasteiger partial charge on any atom is -0.493 e. The Morgan fingerprint density at radius 3 is 2.34 bits per heavy atom. The second-order valence-electron chi connectivity index (χ2n) is 9.21. The number of carbonyl (C=O) groups excluding carboxylic acids is 1. The fraction of sp³-hybridized carbons (Fsp3) is 0.333. The molecule has 0 aliphatic rings. The Bertz CT molecular complexity index is 1280. The van der Waals surface area contributed by atoms with E-state index in [4.69, 9.17) is 4.74 Å². The standard InChI is InChI=1S/C30H37N3O4S/c1-3-4-5-6-12-21-37-29-16-11-10-15-26(29)23-31-32-30(34)28(22-25-13-8-7-9-14-25)33-38(35,36)27-19-17-24(2)18-20-27/h7-11,13-20,23,28,33H,3-6,12,21-22H2,1-2H3,(H,32,34)/b31-23-/t28-/m1/s1. The van der Waals surface area contributed by atoms with Crippen LogP contribution in [0.2, 0.25) is 0 Å². The van der Waals surface area contributed by atoms with E-state index in [-0.39, 0.29) is 11.3 Å². The third-order valence-corrected chi connectivity index (χ3v) is 7.52. The van der Waals surface area contributed by atoms with Crippen LogP contribution in [0.3, 0.4) is 0 Å². The van der Waals surface area contributed by atoms with Crippen molar-refractivity contribution in [3.63, 3.8) is 0 Å². The maximum Gasteiger partial charge on any atom is 0.258 e. The Kier molecular flexibility index (Phi) is 11.5. The van der Waals surface area contributed by atoms with E-state index in [1.54, 1.807) is 12.1 Å². The molecular formula is C30H37N3O4S. The van der Waals surface area contributed by atoms with Gasteiger partial charge < -0.3 is 4.74 Å². The average Bonchev–Trinajstić information content (AvgIpc) is 2.91. The van der Waals surface area contributed by atoms with Crippen molar-refractivity contribution in [2.75, 3.05) is 6.61 Å². The van der Waals surface area contributed by atoms with E-state index in [1.807, 2.05) is 61.5 Å². The number of carbonyl (C=O) groups is 1. The molecule has 0 radical (unpaired) electrons. The molecule has 0 saturated heterocycles. The number of ether oxygens (including phenoxy) is 1. The van der Waals surface area contributed by atoms with Gasteiger partial charge in [0.25, 0.3) is 5.91 Å². The van der Waals surface area contributed by atoms with Gasteiger partial charge in [-0.3, -0.25) is 4.79 Å². The molecular weight excluding hydrogens is 498 g/mol. The molecule has 1 atom stereocenters. The predicted octanol–water partition coefficient (Wildman–Crippen LogP) is 5.38. The van der Waals surface area contributed by atoms with E-state index in [2.05, 4.69) is 22.2 Å². The molecule has 0 aliphatic carbocycles. The number of nitrogens with zero attached hydrogens (tertiary/aromatic N) is 1. The Hall–Kier alpha value is -3.49. The molecule has 0 aromatic heterocycles. The van der Waals surface area contributed by atoms with Gasteiger partial charge in [-0.1, -0.05) is 92.8 Å². The molecule has 0 spiro atoms. The van der Waals surface area contributed by atoms with Gasteiger partial charge in [0.1, 0.15) is 11.8 Å². The molecule has 3 aromatic rings. The molecule has 38 heavy (non-hydrogen) atoms. The van der Waals surface area contributed by atoms with E-state index in [9.17, 15) is 13.2 Å². The van der Waals surface area contributed by atoms with Crippen LogP contribution in [-0.2, 0) is 21.2 Å². The average molecular weight is 536 g/mol. The van der Waals surface area contributed by atoms with Crippen molar-refractivity contribution in [2.45, 2.75) is 63.3 Å². The van der Waals surface area contributed by atoms with Crippen LogP contribution in [0.4, 0.5) is 0 Å². The molecule has 0 saturated carbocycles. The molecule has 1 amide bonds. The number of unbranched alkanes of at least 4 members (excludes halogenated alkanes) is 4. The van der Waals surface area contributed by atoms with Crippen LogP contribution in [0.15, 0.2) is 88.9 Å². The maximum absolute atomic E-state index is 13.1. The zero-order valence-corrected chi connectivity index (χ0v) is 22.9. The summed E-state index contributed by atoms with van der Waals surface area (Å²) in [5.74, 6) is 0.122. The summed E-state index contributed by atoms with van der Waals surface area (Å²) in [6, 6.07) is 22.1. The van der Waals surface area contributed by atoms with Crippen LogP contribution in [0.25, 0.3) is 0 Å². The summed E-state index contributed by atoms with van der Waals surface area (Å²) in [5.41, 5.74) is 4.99. The number of hydrogen-bond donors (Lipinski definition) is 2. The first-order chi connectivity index (χ1) is 18.4. The Balaban J connectivity index is 1.68. The number of hydrogen-bond acceptors (Lipinski definition) is 5. The second-order valence-corrected chi connectivity index (χ2v) is 10.9. The minimum absolute atomic E-state index is 0.0956. The topological polar surface area (TPSA) is 96.9 Å². The van der Waals surface area contributed by atoms with E-state index in [0.717, 1.165) is 29.5 Å². The number of rotatable bonds is 15. The normalized spacial score (nSPS) is 12.4. The van der Waals surface area contributed by atoms with Crippen molar-refractivity contribution in [1.29, 1.82) is 0 Å². The molecule has 3 rings (SSSR count). The third-order valence-electron chi connectivity index (χ3n) is 6.03. The molecule has 0 bridgehead atoms.